The zero-order valence-corrected chi connectivity index (χ0v) is 12.0. The molecule has 0 N–H and O–H groups in total. The van der Waals surface area contributed by atoms with E-state index >= 15 is 0 Å². The second-order valence-corrected chi connectivity index (χ2v) is 4.66. The molecule has 2 rings (SSSR count). The number of nitro groups is 1. The quantitative estimate of drug-likeness (QED) is 0.449. The predicted molar refractivity (Wildman–Crippen MR) is 77.3 cm³/mol. The lowest BCUT2D eigenvalue weighted by atomic mass is 10.2. The van der Waals surface area contributed by atoms with Crippen LogP contribution in [0.5, 0.6) is 11.5 Å². The molecule has 0 saturated heterocycles. The van der Waals surface area contributed by atoms with Gasteiger partial charge in [0.15, 0.2) is 0 Å². The van der Waals surface area contributed by atoms with Crippen LogP contribution in [0.4, 0.5) is 5.69 Å². The van der Waals surface area contributed by atoms with Crippen LogP contribution in [0.1, 0.15) is 5.56 Å². The Labute approximate surface area is 123 Å². The standard InChI is InChI=1S/C13H9BrClNO3/c14-8-9-4-3-7-12(13(9)16(17)18)19-11-6-2-1-5-10(11)15/h1-7H,8H2. The van der Waals surface area contributed by atoms with Crippen molar-refractivity contribution in [2.75, 3.05) is 0 Å². The average Bonchev–Trinajstić information content (AvgIpc) is 2.40. The van der Waals surface area contributed by atoms with E-state index in [1.54, 1.807) is 42.5 Å². The molecule has 4 nitrogen and oxygen atoms in total. The van der Waals surface area contributed by atoms with Gasteiger partial charge in [0.05, 0.1) is 9.95 Å². The summed E-state index contributed by atoms with van der Waals surface area (Å²) in [4.78, 5) is 10.7. The zero-order chi connectivity index (χ0) is 13.8. The summed E-state index contributed by atoms with van der Waals surface area (Å²) >= 11 is 9.20. The van der Waals surface area contributed by atoms with Crippen LogP contribution in [0.3, 0.4) is 0 Å². The number of nitro benzene ring substituents is 1. The van der Waals surface area contributed by atoms with Gasteiger partial charge in [-0.15, -0.1) is 0 Å². The molecule has 0 aliphatic carbocycles. The van der Waals surface area contributed by atoms with Crippen LogP contribution in [0.15, 0.2) is 42.5 Å². The number of halogens is 2. The van der Waals surface area contributed by atoms with Crippen molar-refractivity contribution in [3.05, 3.63) is 63.2 Å². The highest BCUT2D eigenvalue weighted by atomic mass is 79.9. The Morgan fingerprint density at radius 1 is 1.16 bits per heavy atom. The molecule has 2 aromatic carbocycles. The van der Waals surface area contributed by atoms with Crippen molar-refractivity contribution >= 4 is 33.2 Å². The van der Waals surface area contributed by atoms with Crippen LogP contribution in [-0.2, 0) is 5.33 Å². The maximum atomic E-state index is 11.1. The van der Waals surface area contributed by atoms with Crippen LogP contribution in [0, 0.1) is 10.1 Å². The van der Waals surface area contributed by atoms with Gasteiger partial charge in [-0.1, -0.05) is 51.8 Å². The first kappa shape index (κ1) is 13.8. The van der Waals surface area contributed by atoms with Crippen LogP contribution < -0.4 is 4.74 Å². The lowest BCUT2D eigenvalue weighted by Gasteiger charge is -2.09. The van der Waals surface area contributed by atoms with E-state index < -0.39 is 4.92 Å². The minimum absolute atomic E-state index is 0.0562. The SMILES string of the molecule is O=[N+]([O-])c1c(CBr)cccc1Oc1ccccc1Cl. The number of rotatable bonds is 4. The fraction of sp³-hybridized carbons (Fsp3) is 0.0769. The van der Waals surface area contributed by atoms with Crippen LogP contribution >= 0.6 is 27.5 Å². The number of benzene rings is 2. The van der Waals surface area contributed by atoms with E-state index in [9.17, 15) is 10.1 Å². The fourth-order valence-corrected chi connectivity index (χ4v) is 2.24. The zero-order valence-electron chi connectivity index (χ0n) is 9.68. The maximum Gasteiger partial charge on any atom is 0.315 e. The smallest absolute Gasteiger partial charge is 0.315 e. The second-order valence-electron chi connectivity index (χ2n) is 3.69. The number of hydrogen-bond donors (Lipinski definition) is 0. The molecule has 0 atom stereocenters. The first-order valence-electron chi connectivity index (χ1n) is 5.38. The van der Waals surface area contributed by atoms with Crippen molar-refractivity contribution in [1.29, 1.82) is 0 Å². The number of alkyl halides is 1. The van der Waals surface area contributed by atoms with Crippen molar-refractivity contribution in [1.82, 2.24) is 0 Å². The molecule has 0 spiro atoms. The molecule has 0 aliphatic heterocycles. The molecule has 0 aliphatic rings. The Kier molecular flexibility index (Phi) is 4.39. The Bertz CT molecular complexity index is 619. The molecular formula is C13H9BrClNO3. The molecule has 0 heterocycles. The summed E-state index contributed by atoms with van der Waals surface area (Å²) in [5, 5.41) is 11.9. The Morgan fingerprint density at radius 2 is 1.84 bits per heavy atom. The second kappa shape index (κ2) is 6.04. The first-order chi connectivity index (χ1) is 9.13. The van der Waals surface area contributed by atoms with Gasteiger partial charge in [-0.25, -0.2) is 0 Å². The predicted octanol–water partition coefficient (Wildman–Crippen LogP) is 4.94. The van der Waals surface area contributed by atoms with Crippen molar-refractivity contribution in [2.24, 2.45) is 0 Å². The van der Waals surface area contributed by atoms with Gasteiger partial charge < -0.3 is 4.74 Å². The highest BCUT2D eigenvalue weighted by Gasteiger charge is 2.21. The molecule has 0 aromatic heterocycles. The monoisotopic (exact) mass is 341 g/mol. The molecule has 0 bridgehead atoms. The Hall–Kier alpha value is -1.59. The van der Waals surface area contributed by atoms with E-state index in [0.29, 0.717) is 21.7 Å². The molecule has 0 unspecified atom stereocenters. The van der Waals surface area contributed by atoms with Gasteiger partial charge in [-0.3, -0.25) is 10.1 Å². The average molecular weight is 343 g/mol. The van der Waals surface area contributed by atoms with E-state index in [0.717, 1.165) is 0 Å². The van der Waals surface area contributed by atoms with E-state index in [1.807, 2.05) is 0 Å². The fourth-order valence-electron chi connectivity index (χ4n) is 1.61. The summed E-state index contributed by atoms with van der Waals surface area (Å²) < 4.78 is 5.55. The van der Waals surface area contributed by atoms with Crippen molar-refractivity contribution < 1.29 is 9.66 Å². The van der Waals surface area contributed by atoms with Crippen molar-refractivity contribution in [2.45, 2.75) is 5.33 Å². The van der Waals surface area contributed by atoms with Gasteiger partial charge >= 0.3 is 5.69 Å². The minimum Gasteiger partial charge on any atom is -0.449 e. The highest BCUT2D eigenvalue weighted by Crippen LogP contribution is 2.37. The lowest BCUT2D eigenvalue weighted by Crippen LogP contribution is -1.97. The molecule has 0 fully saturated rings. The van der Waals surface area contributed by atoms with Crippen LogP contribution in [-0.4, -0.2) is 4.92 Å². The molecule has 0 radical (unpaired) electrons. The molecular weight excluding hydrogens is 334 g/mol. The number of hydrogen-bond acceptors (Lipinski definition) is 3. The van der Waals surface area contributed by atoms with Gasteiger partial charge in [0.25, 0.3) is 0 Å². The number of nitrogens with zero attached hydrogens (tertiary/aromatic N) is 1. The third-order valence-corrected chi connectivity index (χ3v) is 3.38. The summed E-state index contributed by atoms with van der Waals surface area (Å²) in [6.45, 7) is 0. The third-order valence-electron chi connectivity index (χ3n) is 2.47. The molecule has 19 heavy (non-hydrogen) atoms. The van der Waals surface area contributed by atoms with E-state index in [2.05, 4.69) is 15.9 Å². The Morgan fingerprint density at radius 3 is 2.47 bits per heavy atom. The van der Waals surface area contributed by atoms with Crippen molar-refractivity contribution in [3.63, 3.8) is 0 Å². The summed E-state index contributed by atoms with van der Waals surface area (Å²) in [6.07, 6.45) is 0. The van der Waals surface area contributed by atoms with Gasteiger partial charge in [0, 0.05) is 10.9 Å². The van der Waals surface area contributed by atoms with Crippen LogP contribution in [0.25, 0.3) is 0 Å². The number of para-hydroxylation sites is 2. The minimum atomic E-state index is -0.456. The van der Waals surface area contributed by atoms with Gasteiger partial charge in [-0.2, -0.15) is 0 Å². The highest BCUT2D eigenvalue weighted by molar-refractivity contribution is 9.08. The third kappa shape index (κ3) is 3.05. The molecule has 2 aromatic rings. The van der Waals surface area contributed by atoms with E-state index in [4.69, 9.17) is 16.3 Å². The normalized spacial score (nSPS) is 10.2. The lowest BCUT2D eigenvalue weighted by molar-refractivity contribution is -0.386. The van der Waals surface area contributed by atoms with Gasteiger partial charge in [-0.05, 0) is 18.2 Å². The molecule has 0 saturated carbocycles. The van der Waals surface area contributed by atoms with Gasteiger partial charge in [0.2, 0.25) is 5.75 Å². The van der Waals surface area contributed by atoms with Crippen molar-refractivity contribution in [3.8, 4) is 11.5 Å². The van der Waals surface area contributed by atoms with E-state index in [-0.39, 0.29) is 11.4 Å². The summed E-state index contributed by atoms with van der Waals surface area (Å²) in [5.41, 5.74) is 0.494. The summed E-state index contributed by atoms with van der Waals surface area (Å²) in [7, 11) is 0. The van der Waals surface area contributed by atoms with Gasteiger partial charge in [0.1, 0.15) is 5.75 Å². The van der Waals surface area contributed by atoms with Crippen LogP contribution in [0.2, 0.25) is 5.02 Å². The largest absolute Gasteiger partial charge is 0.449 e. The summed E-state index contributed by atoms with van der Waals surface area (Å²) in [5.74, 6) is 0.564. The topological polar surface area (TPSA) is 52.4 Å². The Balaban J connectivity index is 2.46. The summed E-state index contributed by atoms with van der Waals surface area (Å²) in [6, 6.07) is 11.8. The first-order valence-corrected chi connectivity index (χ1v) is 6.88. The maximum absolute atomic E-state index is 11.1. The van der Waals surface area contributed by atoms with E-state index in [1.165, 1.54) is 0 Å². The molecule has 0 amide bonds. The number of ether oxygens (including phenoxy) is 1. The molecule has 98 valence electrons. The molecule has 6 heteroatoms.